The van der Waals surface area contributed by atoms with Crippen molar-refractivity contribution in [3.8, 4) is 11.3 Å². The minimum absolute atomic E-state index is 0.170. The number of H-pyrrole nitrogens is 1. The molecule has 0 fully saturated rings. The molecule has 30 heavy (non-hydrogen) atoms. The molecule has 0 aliphatic carbocycles. The quantitative estimate of drug-likeness (QED) is 0.165. The summed E-state index contributed by atoms with van der Waals surface area (Å²) in [6, 6.07) is 3.32. The molecule has 3 rings (SSSR count). The van der Waals surface area contributed by atoms with E-state index in [-0.39, 0.29) is 5.76 Å². The second-order valence-corrected chi connectivity index (χ2v) is 8.03. The van der Waals surface area contributed by atoms with Gasteiger partial charge in [-0.3, -0.25) is 9.89 Å². The number of nitrogens with one attached hydrogen (secondary N) is 2. The van der Waals surface area contributed by atoms with E-state index in [4.69, 9.17) is 19.7 Å². The minimum atomic E-state index is -0.398. The van der Waals surface area contributed by atoms with Gasteiger partial charge in [0.1, 0.15) is 5.76 Å². The standard InChI is InChI=1S/C18H22N6O4S2/c1-26-7-8-27-6-5-24(19)12-16(30-18-20-4-9-29-18)23-17(25)15-3-2-14(28-15)13-10-21-22-11-13/h2-4,9-12H,5-8,19H2,1H3,(H,21,22)(H,23,25)/b16-12-. The van der Waals surface area contributed by atoms with Gasteiger partial charge in [-0.2, -0.15) is 5.10 Å². The molecule has 4 N–H and O–H groups in total. The van der Waals surface area contributed by atoms with Gasteiger partial charge in [-0.25, -0.2) is 10.8 Å². The molecule has 0 bridgehead atoms. The van der Waals surface area contributed by atoms with Crippen LogP contribution in [-0.2, 0) is 9.47 Å². The van der Waals surface area contributed by atoms with E-state index in [1.165, 1.54) is 28.1 Å². The summed E-state index contributed by atoms with van der Waals surface area (Å²) >= 11 is 2.75. The van der Waals surface area contributed by atoms with Crippen molar-refractivity contribution in [2.75, 3.05) is 33.5 Å². The topological polar surface area (TPSA) is 132 Å². The number of aromatic nitrogens is 3. The number of rotatable bonds is 12. The molecule has 12 heteroatoms. The van der Waals surface area contributed by atoms with Crippen LogP contribution in [0, 0.1) is 0 Å². The Labute approximate surface area is 181 Å². The third-order valence-electron chi connectivity index (χ3n) is 3.66. The fourth-order valence-electron chi connectivity index (χ4n) is 2.24. The molecule has 10 nitrogen and oxygen atoms in total. The number of carbonyl (C=O) groups is 1. The van der Waals surface area contributed by atoms with Crippen LogP contribution in [0.2, 0.25) is 0 Å². The van der Waals surface area contributed by atoms with Crippen LogP contribution in [0.5, 0.6) is 0 Å². The lowest BCUT2D eigenvalue weighted by Crippen LogP contribution is -2.31. The summed E-state index contributed by atoms with van der Waals surface area (Å²) in [6.07, 6.45) is 6.62. The largest absolute Gasteiger partial charge is 0.451 e. The van der Waals surface area contributed by atoms with Crippen LogP contribution in [0.3, 0.4) is 0 Å². The number of hydrazine groups is 1. The molecule has 0 atom stereocenters. The fraction of sp³-hybridized carbons (Fsp3) is 0.278. The monoisotopic (exact) mass is 450 g/mol. The predicted octanol–water partition coefficient (Wildman–Crippen LogP) is 2.29. The molecule has 0 radical (unpaired) electrons. The lowest BCUT2D eigenvalue weighted by atomic mass is 10.3. The summed E-state index contributed by atoms with van der Waals surface area (Å²) in [7, 11) is 1.61. The summed E-state index contributed by atoms with van der Waals surface area (Å²) in [4.78, 5) is 16.9. The van der Waals surface area contributed by atoms with Gasteiger partial charge in [-0.1, -0.05) is 0 Å². The number of hydrogen-bond acceptors (Lipinski definition) is 10. The highest BCUT2D eigenvalue weighted by Crippen LogP contribution is 2.27. The van der Waals surface area contributed by atoms with Crippen molar-refractivity contribution in [2.45, 2.75) is 4.34 Å². The molecule has 160 valence electrons. The van der Waals surface area contributed by atoms with Gasteiger partial charge >= 0.3 is 0 Å². The van der Waals surface area contributed by atoms with Crippen molar-refractivity contribution in [3.05, 3.63) is 53.1 Å². The molecule has 0 aromatic carbocycles. The second kappa shape index (κ2) is 11.5. The van der Waals surface area contributed by atoms with Gasteiger partial charge in [0.2, 0.25) is 0 Å². The van der Waals surface area contributed by atoms with Gasteiger partial charge in [0.05, 0.1) is 43.2 Å². The average molecular weight is 451 g/mol. The summed E-state index contributed by atoms with van der Waals surface area (Å²) in [6.45, 7) is 1.87. The Balaban J connectivity index is 1.63. The third-order valence-corrected chi connectivity index (χ3v) is 5.48. The lowest BCUT2D eigenvalue weighted by Gasteiger charge is -2.16. The Kier molecular flexibility index (Phi) is 8.47. The molecule has 3 aromatic heterocycles. The fourth-order valence-corrected chi connectivity index (χ4v) is 3.86. The van der Waals surface area contributed by atoms with E-state index in [0.717, 1.165) is 9.90 Å². The van der Waals surface area contributed by atoms with Crippen molar-refractivity contribution in [1.29, 1.82) is 0 Å². The first-order chi connectivity index (χ1) is 14.7. The molecular formula is C18H22N6O4S2. The van der Waals surface area contributed by atoms with Crippen molar-refractivity contribution in [2.24, 2.45) is 5.84 Å². The van der Waals surface area contributed by atoms with Crippen LogP contribution in [0.4, 0.5) is 0 Å². The van der Waals surface area contributed by atoms with E-state index in [1.54, 1.807) is 44.0 Å². The predicted molar refractivity (Wildman–Crippen MR) is 113 cm³/mol. The SMILES string of the molecule is COCCOCCN(N)/C=C(/NC(=O)c1ccc(-c2cn[nH]c2)o1)Sc1nccs1. The second-order valence-electron chi connectivity index (χ2n) is 5.84. The van der Waals surface area contributed by atoms with E-state index < -0.39 is 5.91 Å². The molecule has 0 saturated heterocycles. The first kappa shape index (κ1) is 22.1. The zero-order valence-corrected chi connectivity index (χ0v) is 17.9. The number of carbonyl (C=O) groups excluding carboxylic acids is 1. The van der Waals surface area contributed by atoms with E-state index >= 15 is 0 Å². The van der Waals surface area contributed by atoms with E-state index in [2.05, 4.69) is 20.5 Å². The van der Waals surface area contributed by atoms with Crippen LogP contribution < -0.4 is 11.2 Å². The normalized spacial score (nSPS) is 11.6. The van der Waals surface area contributed by atoms with Crippen LogP contribution >= 0.6 is 23.1 Å². The van der Waals surface area contributed by atoms with Gasteiger partial charge in [-0.15, -0.1) is 11.3 Å². The highest BCUT2D eigenvalue weighted by molar-refractivity contribution is 8.04. The van der Waals surface area contributed by atoms with Crippen molar-refractivity contribution >= 4 is 29.0 Å². The average Bonchev–Trinajstić information content (AvgIpc) is 3.48. The van der Waals surface area contributed by atoms with Gasteiger partial charge in [0.15, 0.2) is 10.1 Å². The Bertz CT molecular complexity index is 927. The Morgan fingerprint density at radius 2 is 2.33 bits per heavy atom. The van der Waals surface area contributed by atoms with Gasteiger partial charge in [0, 0.05) is 31.1 Å². The van der Waals surface area contributed by atoms with Crippen LogP contribution in [0.1, 0.15) is 10.6 Å². The molecular weight excluding hydrogens is 428 g/mol. The van der Waals surface area contributed by atoms with E-state index in [1.807, 2.05) is 5.38 Å². The maximum Gasteiger partial charge on any atom is 0.291 e. The van der Waals surface area contributed by atoms with E-state index in [9.17, 15) is 4.79 Å². The van der Waals surface area contributed by atoms with Gasteiger partial charge < -0.3 is 24.2 Å². The maximum absolute atomic E-state index is 12.7. The highest BCUT2D eigenvalue weighted by atomic mass is 32.2. The molecule has 0 saturated carbocycles. The number of thioether (sulfide) groups is 1. The summed E-state index contributed by atoms with van der Waals surface area (Å²) in [5.74, 6) is 6.34. The molecule has 0 spiro atoms. The number of hydrogen-bond donors (Lipinski definition) is 3. The van der Waals surface area contributed by atoms with Crippen molar-refractivity contribution < 1.29 is 18.7 Å². The third kappa shape index (κ3) is 6.71. The number of furan rings is 1. The zero-order chi connectivity index (χ0) is 21.2. The molecule has 0 unspecified atom stereocenters. The minimum Gasteiger partial charge on any atom is -0.451 e. The smallest absolute Gasteiger partial charge is 0.291 e. The molecule has 0 aliphatic rings. The first-order valence-electron chi connectivity index (χ1n) is 8.93. The molecule has 3 heterocycles. The Morgan fingerprint density at radius 1 is 1.43 bits per heavy atom. The molecule has 3 aromatic rings. The maximum atomic E-state index is 12.7. The van der Waals surface area contributed by atoms with Crippen LogP contribution in [0.25, 0.3) is 11.3 Å². The number of thiazole rings is 1. The van der Waals surface area contributed by atoms with E-state index in [0.29, 0.717) is 37.2 Å². The van der Waals surface area contributed by atoms with Gasteiger partial charge in [0.25, 0.3) is 5.91 Å². The van der Waals surface area contributed by atoms with Gasteiger partial charge in [-0.05, 0) is 23.9 Å². The summed E-state index contributed by atoms with van der Waals surface area (Å²) in [5, 5.41) is 13.2. The van der Waals surface area contributed by atoms with Crippen molar-refractivity contribution in [3.63, 3.8) is 0 Å². The van der Waals surface area contributed by atoms with Crippen LogP contribution in [-0.4, -0.2) is 59.6 Å². The number of methoxy groups -OCH3 is 1. The number of aromatic amines is 1. The first-order valence-corrected chi connectivity index (χ1v) is 10.6. The van der Waals surface area contributed by atoms with Crippen LogP contribution in [0.15, 0.2) is 56.1 Å². The number of nitrogens with two attached hydrogens (primary N) is 1. The molecule has 1 amide bonds. The number of amides is 1. The lowest BCUT2D eigenvalue weighted by molar-refractivity contribution is 0.0628. The molecule has 0 aliphatic heterocycles. The summed E-state index contributed by atoms with van der Waals surface area (Å²) < 4.78 is 16.8. The zero-order valence-electron chi connectivity index (χ0n) is 16.2. The Morgan fingerprint density at radius 3 is 3.07 bits per heavy atom. The Hall–Kier alpha value is -2.64. The highest BCUT2D eigenvalue weighted by Gasteiger charge is 2.16. The number of ether oxygens (including phenoxy) is 2. The number of nitrogens with zero attached hydrogens (tertiary/aromatic N) is 3. The summed E-state index contributed by atoms with van der Waals surface area (Å²) in [5.41, 5.74) is 0.753. The van der Waals surface area contributed by atoms with Crippen molar-refractivity contribution in [1.82, 2.24) is 25.5 Å².